The number of esters is 1. The van der Waals surface area contributed by atoms with Crippen molar-refractivity contribution >= 4 is 28.9 Å². The number of ether oxygens (including phenoxy) is 1. The van der Waals surface area contributed by atoms with Crippen molar-refractivity contribution in [2.45, 2.75) is 20.4 Å². The van der Waals surface area contributed by atoms with E-state index in [1.54, 1.807) is 18.0 Å². The number of aryl methyl sites for hydroxylation is 2. The minimum absolute atomic E-state index is 0.245. The third-order valence-corrected chi connectivity index (χ3v) is 5.86. The number of anilines is 1. The summed E-state index contributed by atoms with van der Waals surface area (Å²) in [6.07, 6.45) is 0. The molecule has 30 heavy (non-hydrogen) atoms. The first-order valence-electron chi connectivity index (χ1n) is 9.68. The van der Waals surface area contributed by atoms with Crippen molar-refractivity contribution < 1.29 is 14.3 Å². The molecular weight excluding hydrogens is 398 g/mol. The maximum atomic E-state index is 12.6. The van der Waals surface area contributed by atoms with Gasteiger partial charge in [-0.1, -0.05) is 12.1 Å². The lowest BCUT2D eigenvalue weighted by atomic mass is 10.2. The molecule has 0 saturated carbocycles. The highest BCUT2D eigenvalue weighted by Gasteiger charge is 2.20. The van der Waals surface area contributed by atoms with Crippen molar-refractivity contribution in [3.05, 3.63) is 70.4 Å². The molecule has 0 spiro atoms. The minimum atomic E-state index is -0.490. The van der Waals surface area contributed by atoms with Crippen molar-refractivity contribution in [3.63, 3.8) is 0 Å². The van der Waals surface area contributed by atoms with Gasteiger partial charge < -0.3 is 19.1 Å². The van der Waals surface area contributed by atoms with Crippen LogP contribution in [0.2, 0.25) is 0 Å². The van der Waals surface area contributed by atoms with Crippen LogP contribution in [0, 0.1) is 13.8 Å². The molecular formula is C23H27N3O3S. The molecule has 0 aliphatic rings. The topological polar surface area (TPSA) is 54.8 Å². The van der Waals surface area contributed by atoms with Crippen LogP contribution in [0.25, 0.3) is 5.00 Å². The molecule has 6 nitrogen and oxygen atoms in total. The first-order chi connectivity index (χ1) is 14.3. The minimum Gasteiger partial charge on any atom is -0.452 e. The number of carbonyl (C=O) groups is 2. The molecule has 7 heteroatoms. The molecule has 0 aliphatic carbocycles. The highest BCUT2D eigenvalue weighted by molar-refractivity contribution is 7.13. The van der Waals surface area contributed by atoms with Crippen LogP contribution < -0.4 is 4.90 Å². The molecule has 0 radical (unpaired) electrons. The Balaban J connectivity index is 1.60. The third kappa shape index (κ3) is 4.74. The van der Waals surface area contributed by atoms with Crippen LogP contribution in [0.3, 0.4) is 0 Å². The first-order valence-corrected chi connectivity index (χ1v) is 10.6. The number of nitrogens with zero attached hydrogens (tertiary/aromatic N) is 3. The number of thiophene rings is 1. The average Bonchev–Trinajstić information content (AvgIpc) is 3.32. The number of benzene rings is 1. The van der Waals surface area contributed by atoms with E-state index in [1.165, 1.54) is 11.3 Å². The standard InChI is InChI=1S/C23H27N3O3S/c1-16-6-7-17(2)26(16)22-20(12-13-30-22)23(28)29-15-21(27)25(5)14-18-8-10-19(11-9-18)24(3)4/h6-13H,14-15H2,1-5H3. The summed E-state index contributed by atoms with van der Waals surface area (Å²) >= 11 is 1.47. The molecule has 0 fully saturated rings. The molecule has 0 atom stereocenters. The number of carbonyl (C=O) groups excluding carboxylic acids is 2. The molecule has 1 amide bonds. The molecule has 0 unspecified atom stereocenters. The van der Waals surface area contributed by atoms with E-state index < -0.39 is 5.97 Å². The first kappa shape index (κ1) is 21.6. The van der Waals surface area contributed by atoms with Crippen LogP contribution >= 0.6 is 11.3 Å². The van der Waals surface area contributed by atoms with E-state index in [4.69, 9.17) is 4.74 Å². The zero-order valence-electron chi connectivity index (χ0n) is 18.0. The number of hydrogen-bond donors (Lipinski definition) is 0. The zero-order valence-corrected chi connectivity index (χ0v) is 18.8. The zero-order chi connectivity index (χ0) is 21.8. The number of amides is 1. The van der Waals surface area contributed by atoms with E-state index >= 15 is 0 Å². The van der Waals surface area contributed by atoms with E-state index in [-0.39, 0.29) is 12.5 Å². The lowest BCUT2D eigenvalue weighted by molar-refractivity contribution is -0.133. The molecule has 3 rings (SSSR count). The Kier molecular flexibility index (Phi) is 6.62. The molecule has 158 valence electrons. The van der Waals surface area contributed by atoms with Gasteiger partial charge in [-0.3, -0.25) is 4.79 Å². The Hall–Kier alpha value is -3.06. The Labute approximate surface area is 181 Å². The van der Waals surface area contributed by atoms with Gasteiger partial charge in [0.05, 0.1) is 5.56 Å². The summed E-state index contributed by atoms with van der Waals surface area (Å²) in [6.45, 7) is 4.15. The maximum absolute atomic E-state index is 12.6. The van der Waals surface area contributed by atoms with E-state index in [2.05, 4.69) is 0 Å². The average molecular weight is 426 g/mol. The fourth-order valence-electron chi connectivity index (χ4n) is 3.20. The van der Waals surface area contributed by atoms with Crippen LogP contribution in [-0.2, 0) is 16.1 Å². The van der Waals surface area contributed by atoms with Gasteiger partial charge in [0, 0.05) is 44.8 Å². The van der Waals surface area contributed by atoms with E-state index in [9.17, 15) is 9.59 Å². The van der Waals surface area contributed by atoms with E-state index in [0.29, 0.717) is 12.1 Å². The number of hydrogen-bond acceptors (Lipinski definition) is 5. The Morgan fingerprint density at radius 3 is 2.20 bits per heavy atom. The van der Waals surface area contributed by atoms with Gasteiger partial charge in [-0.05, 0) is 55.1 Å². The summed E-state index contributed by atoms with van der Waals surface area (Å²) in [7, 11) is 5.67. The normalized spacial score (nSPS) is 10.7. The van der Waals surface area contributed by atoms with Crippen molar-refractivity contribution in [2.75, 3.05) is 32.6 Å². The second-order valence-electron chi connectivity index (χ2n) is 7.48. The van der Waals surface area contributed by atoms with Gasteiger partial charge in [0.1, 0.15) is 5.00 Å². The lowest BCUT2D eigenvalue weighted by Crippen LogP contribution is -2.30. The highest BCUT2D eigenvalue weighted by atomic mass is 32.1. The second-order valence-corrected chi connectivity index (χ2v) is 8.37. The smallest absolute Gasteiger partial charge is 0.341 e. The molecule has 3 aromatic rings. The molecule has 0 saturated heterocycles. The van der Waals surface area contributed by atoms with Gasteiger partial charge in [0.15, 0.2) is 6.61 Å². The van der Waals surface area contributed by atoms with Crippen LogP contribution in [-0.4, -0.2) is 49.1 Å². The number of likely N-dealkylation sites (N-methyl/N-ethyl adjacent to an activating group) is 1. The van der Waals surface area contributed by atoms with Gasteiger partial charge in [-0.2, -0.15) is 0 Å². The quantitative estimate of drug-likeness (QED) is 0.536. The highest BCUT2D eigenvalue weighted by Crippen LogP contribution is 2.26. The molecule has 0 aliphatic heterocycles. The predicted molar refractivity (Wildman–Crippen MR) is 121 cm³/mol. The third-order valence-electron chi connectivity index (χ3n) is 4.96. The summed E-state index contributed by atoms with van der Waals surface area (Å²) in [4.78, 5) is 28.7. The van der Waals surface area contributed by atoms with Crippen molar-refractivity contribution in [1.82, 2.24) is 9.47 Å². The number of rotatable bonds is 7. The van der Waals surface area contributed by atoms with Crippen molar-refractivity contribution in [3.8, 4) is 5.00 Å². The Morgan fingerprint density at radius 2 is 1.60 bits per heavy atom. The van der Waals surface area contributed by atoms with Crippen LogP contribution in [0.15, 0.2) is 47.8 Å². The monoisotopic (exact) mass is 425 g/mol. The largest absolute Gasteiger partial charge is 0.452 e. The second kappa shape index (κ2) is 9.17. The molecule has 1 aromatic carbocycles. The molecule has 2 aromatic heterocycles. The summed E-state index contributed by atoms with van der Waals surface area (Å²) in [5, 5.41) is 2.66. The Bertz CT molecular complexity index is 1010. The summed E-state index contributed by atoms with van der Waals surface area (Å²) in [5.41, 5.74) is 4.67. The summed E-state index contributed by atoms with van der Waals surface area (Å²) in [5.74, 6) is -0.735. The van der Waals surface area contributed by atoms with Crippen molar-refractivity contribution in [2.24, 2.45) is 0 Å². The van der Waals surface area contributed by atoms with Crippen LogP contribution in [0.5, 0.6) is 0 Å². The molecule has 2 heterocycles. The van der Waals surface area contributed by atoms with Gasteiger partial charge in [0.2, 0.25) is 0 Å². The summed E-state index contributed by atoms with van der Waals surface area (Å²) in [6, 6.07) is 13.8. The fraction of sp³-hybridized carbons (Fsp3) is 0.304. The van der Waals surface area contributed by atoms with E-state index in [0.717, 1.165) is 27.6 Å². The molecule has 0 N–H and O–H groups in total. The predicted octanol–water partition coefficient (Wildman–Crippen LogP) is 4.04. The summed E-state index contributed by atoms with van der Waals surface area (Å²) < 4.78 is 7.35. The van der Waals surface area contributed by atoms with Crippen LogP contribution in [0.1, 0.15) is 27.3 Å². The Morgan fingerprint density at radius 1 is 0.967 bits per heavy atom. The van der Waals surface area contributed by atoms with Crippen molar-refractivity contribution in [1.29, 1.82) is 0 Å². The van der Waals surface area contributed by atoms with Gasteiger partial charge in [-0.15, -0.1) is 11.3 Å². The maximum Gasteiger partial charge on any atom is 0.341 e. The lowest BCUT2D eigenvalue weighted by Gasteiger charge is -2.18. The van der Waals surface area contributed by atoms with Crippen LogP contribution in [0.4, 0.5) is 5.69 Å². The SMILES string of the molecule is Cc1ccc(C)n1-c1sccc1C(=O)OCC(=O)N(C)Cc1ccc(N(C)C)cc1. The van der Waals surface area contributed by atoms with Gasteiger partial charge >= 0.3 is 5.97 Å². The van der Waals surface area contributed by atoms with E-state index in [1.807, 2.05) is 79.2 Å². The molecule has 0 bridgehead atoms. The van der Waals surface area contributed by atoms with Gasteiger partial charge in [-0.25, -0.2) is 4.79 Å². The number of aromatic nitrogens is 1. The fourth-order valence-corrected chi connectivity index (χ4v) is 4.20. The van der Waals surface area contributed by atoms with Gasteiger partial charge in [0.25, 0.3) is 5.91 Å².